The van der Waals surface area contributed by atoms with Crippen molar-refractivity contribution >= 4 is 56.6 Å². The number of alkyl halides is 3. The fraction of sp³-hybridized carbons (Fsp3) is 0.326. The standard InChI is InChI=1S/2C13H16N2.C13H13NO.C7H7F3N2O.ClH/c2*1-8-5-6-12-10(7-8)9-3-2-4-11(14)13(9)15-12;1-8-5-6-11-10(7-8)9-3-2-4-12(15)13(9)14-11;8-7(9,10)13-6-3-1-5(12-11)2-4-6;/h2*5-7,11,15H,2-4,14H2,1H3;5-7,14H,2-4H2,1H3;1-4,12H,11H2;1H. The molecule has 0 amide bonds. The summed E-state index contributed by atoms with van der Waals surface area (Å²) in [4.78, 5) is 21.9. The number of anilines is 1. The number of ether oxygens (including phenoxy) is 1. The Labute approximate surface area is 348 Å². The fourth-order valence-electron chi connectivity index (χ4n) is 8.39. The van der Waals surface area contributed by atoms with Gasteiger partial charge in [-0.05, 0) is 149 Å². The number of nitrogens with two attached hydrogens (primary N) is 3. The third-order valence-corrected chi connectivity index (χ3v) is 11.2. The van der Waals surface area contributed by atoms with E-state index >= 15 is 0 Å². The number of H-pyrrole nitrogens is 3. The highest BCUT2D eigenvalue weighted by atomic mass is 35.5. The van der Waals surface area contributed by atoms with E-state index < -0.39 is 6.36 Å². The monoisotopic (exact) mass is 827 g/mol. The maximum atomic E-state index is 11.7. The number of benzene rings is 4. The molecule has 3 aromatic heterocycles. The van der Waals surface area contributed by atoms with Crippen molar-refractivity contribution in [2.45, 2.75) is 97.0 Å². The number of hydrogen-bond donors (Lipinski definition) is 7. The molecule has 0 saturated carbocycles. The van der Waals surface area contributed by atoms with Crippen molar-refractivity contribution in [1.29, 1.82) is 0 Å². The first-order valence-corrected chi connectivity index (χ1v) is 20.0. The summed E-state index contributed by atoms with van der Waals surface area (Å²) >= 11 is 0. The van der Waals surface area contributed by atoms with E-state index in [9.17, 15) is 18.0 Å². The molecule has 4 aromatic carbocycles. The van der Waals surface area contributed by atoms with Crippen molar-refractivity contribution in [3.05, 3.63) is 129 Å². The minimum Gasteiger partial charge on any atom is -0.406 e. The normalized spacial score (nSPS) is 16.9. The van der Waals surface area contributed by atoms with Crippen LogP contribution < -0.4 is 27.5 Å². The van der Waals surface area contributed by atoms with Crippen LogP contribution in [0.3, 0.4) is 0 Å². The van der Waals surface area contributed by atoms with Crippen LogP contribution in [0.1, 0.15) is 106 Å². The molecule has 0 fully saturated rings. The van der Waals surface area contributed by atoms with E-state index in [0.29, 0.717) is 12.1 Å². The Kier molecular flexibility index (Phi) is 13.5. The number of aromatic amines is 3. The Balaban J connectivity index is 0.000000132. The van der Waals surface area contributed by atoms with Gasteiger partial charge in [0.05, 0.1) is 5.69 Å². The zero-order valence-electron chi connectivity index (χ0n) is 33.6. The van der Waals surface area contributed by atoms with E-state index in [1.54, 1.807) is 0 Å². The first-order chi connectivity index (χ1) is 27.8. The SMILES string of the molecule is Cc1ccc2[nH]c3c(c2c1)CCCC3=O.Cc1ccc2[nH]c3c(c2c1)CCCC3N.Cc1ccc2[nH]c3c(c2c1)CCCC3N.Cl.NNc1ccc(OC(F)(F)F)cc1. The second-order valence-corrected chi connectivity index (χ2v) is 15.7. The van der Waals surface area contributed by atoms with Crippen LogP contribution in [0.25, 0.3) is 32.7 Å². The van der Waals surface area contributed by atoms with E-state index in [0.717, 1.165) is 36.9 Å². The highest BCUT2D eigenvalue weighted by Gasteiger charge is 2.31. The molecule has 59 heavy (non-hydrogen) atoms. The zero-order chi connectivity index (χ0) is 41.1. The predicted molar refractivity (Wildman–Crippen MR) is 234 cm³/mol. The molecule has 10 rings (SSSR count). The number of aryl methyl sites for hydroxylation is 6. The first kappa shape index (κ1) is 43.3. The van der Waals surface area contributed by atoms with Crippen LogP contribution in [0.4, 0.5) is 18.9 Å². The quantitative estimate of drug-likeness (QED) is 0.0677. The number of carbonyl (C=O) groups excluding carboxylic acids is 1. The van der Waals surface area contributed by atoms with Gasteiger partial charge in [-0.2, -0.15) is 0 Å². The Morgan fingerprint density at radius 1 is 0.627 bits per heavy atom. The van der Waals surface area contributed by atoms with Crippen LogP contribution in [0, 0.1) is 20.8 Å². The van der Waals surface area contributed by atoms with Crippen molar-refractivity contribution in [3.63, 3.8) is 0 Å². The van der Waals surface area contributed by atoms with Gasteiger partial charge < -0.3 is 36.6 Å². The summed E-state index contributed by atoms with van der Waals surface area (Å²) in [6.45, 7) is 6.37. The molecule has 3 aliphatic rings. The number of hydrogen-bond acceptors (Lipinski definition) is 6. The largest absolute Gasteiger partial charge is 0.573 e. The number of Topliss-reactive ketones (excluding diaryl/α,β-unsaturated/α-hetero) is 1. The van der Waals surface area contributed by atoms with Gasteiger partial charge in [0, 0.05) is 68.3 Å². The van der Waals surface area contributed by atoms with Crippen LogP contribution in [0.15, 0.2) is 78.9 Å². The molecule has 312 valence electrons. The second kappa shape index (κ2) is 18.3. The van der Waals surface area contributed by atoms with Crippen LogP contribution in [-0.4, -0.2) is 27.1 Å². The number of hydrazine groups is 1. The Hall–Kier alpha value is -5.27. The highest BCUT2D eigenvalue weighted by molar-refractivity contribution is 6.03. The maximum Gasteiger partial charge on any atom is 0.573 e. The van der Waals surface area contributed by atoms with Gasteiger partial charge in [-0.3, -0.25) is 10.6 Å². The van der Waals surface area contributed by atoms with E-state index in [2.05, 4.69) is 100 Å². The Bertz CT molecular complexity index is 2460. The third kappa shape index (κ3) is 9.96. The average Bonchev–Trinajstić information content (AvgIpc) is 3.88. The summed E-state index contributed by atoms with van der Waals surface area (Å²) in [5, 5.41) is 3.98. The molecule has 0 aliphatic heterocycles. The van der Waals surface area contributed by atoms with Gasteiger partial charge >= 0.3 is 6.36 Å². The topological polar surface area (TPSA) is 164 Å². The third-order valence-electron chi connectivity index (χ3n) is 11.2. The Morgan fingerprint density at radius 3 is 1.53 bits per heavy atom. The molecular formula is C46H53ClF3N7O2. The number of nitrogens with one attached hydrogen (secondary N) is 4. The van der Waals surface area contributed by atoms with E-state index in [4.69, 9.17) is 17.3 Å². The van der Waals surface area contributed by atoms with Gasteiger partial charge in [-0.1, -0.05) is 34.9 Å². The molecule has 2 unspecified atom stereocenters. The summed E-state index contributed by atoms with van der Waals surface area (Å²) in [7, 11) is 0. The molecular weight excluding hydrogens is 775 g/mol. The van der Waals surface area contributed by atoms with E-state index in [1.807, 2.05) is 0 Å². The average molecular weight is 828 g/mol. The van der Waals surface area contributed by atoms with Gasteiger partial charge in [0.15, 0.2) is 5.78 Å². The van der Waals surface area contributed by atoms with Crippen LogP contribution in [0.2, 0.25) is 0 Å². The number of ketones is 1. The van der Waals surface area contributed by atoms with Gasteiger partial charge in [0.25, 0.3) is 0 Å². The fourth-order valence-corrected chi connectivity index (χ4v) is 8.39. The van der Waals surface area contributed by atoms with Crippen molar-refractivity contribution in [2.24, 2.45) is 17.3 Å². The summed E-state index contributed by atoms with van der Waals surface area (Å²) < 4.78 is 38.6. The lowest BCUT2D eigenvalue weighted by atomic mass is 9.92. The second-order valence-electron chi connectivity index (χ2n) is 15.7. The van der Waals surface area contributed by atoms with Crippen molar-refractivity contribution in [3.8, 4) is 5.75 Å². The lowest BCUT2D eigenvalue weighted by Crippen LogP contribution is -2.17. The van der Waals surface area contributed by atoms with Gasteiger partial charge in [-0.25, -0.2) is 0 Å². The van der Waals surface area contributed by atoms with Crippen LogP contribution >= 0.6 is 12.4 Å². The molecule has 13 heteroatoms. The number of aromatic nitrogens is 3. The van der Waals surface area contributed by atoms with Crippen molar-refractivity contribution < 1.29 is 22.7 Å². The summed E-state index contributed by atoms with van der Waals surface area (Å²) in [6, 6.07) is 25.0. The predicted octanol–water partition coefficient (Wildman–Crippen LogP) is 10.9. The molecule has 9 nitrogen and oxygen atoms in total. The molecule has 0 radical (unpaired) electrons. The summed E-state index contributed by atoms with van der Waals surface area (Å²) in [5.41, 5.74) is 30.0. The minimum absolute atomic E-state index is 0. The lowest BCUT2D eigenvalue weighted by Gasteiger charge is -2.18. The molecule has 3 heterocycles. The van der Waals surface area contributed by atoms with Gasteiger partial charge in [-0.15, -0.1) is 25.6 Å². The van der Waals surface area contributed by atoms with Crippen LogP contribution in [-0.2, 0) is 19.3 Å². The smallest absolute Gasteiger partial charge is 0.406 e. The molecule has 0 saturated heterocycles. The number of rotatable bonds is 2. The molecule has 0 bridgehead atoms. The minimum atomic E-state index is -4.66. The van der Waals surface area contributed by atoms with Crippen molar-refractivity contribution in [2.75, 3.05) is 5.43 Å². The molecule has 7 aromatic rings. The number of fused-ring (bicyclic) bond motifs is 9. The molecule has 10 N–H and O–H groups in total. The molecule has 0 spiro atoms. The van der Waals surface area contributed by atoms with Gasteiger partial charge in [0.1, 0.15) is 5.75 Å². The van der Waals surface area contributed by atoms with Crippen LogP contribution in [0.5, 0.6) is 5.75 Å². The molecule has 3 aliphatic carbocycles. The molecule has 2 atom stereocenters. The maximum absolute atomic E-state index is 11.7. The Morgan fingerprint density at radius 2 is 1.07 bits per heavy atom. The number of halogens is 4. The summed E-state index contributed by atoms with van der Waals surface area (Å²) in [6.07, 6.45) is 5.06. The number of carbonyl (C=O) groups is 1. The lowest BCUT2D eigenvalue weighted by molar-refractivity contribution is -0.274. The summed E-state index contributed by atoms with van der Waals surface area (Å²) in [5.74, 6) is 5.01. The zero-order valence-corrected chi connectivity index (χ0v) is 34.4. The van der Waals surface area contributed by atoms with E-state index in [-0.39, 0.29) is 36.0 Å². The van der Waals surface area contributed by atoms with Crippen molar-refractivity contribution in [1.82, 2.24) is 15.0 Å². The van der Waals surface area contributed by atoms with Gasteiger partial charge in [0.2, 0.25) is 0 Å². The number of nitrogen functional groups attached to an aromatic ring is 1. The first-order valence-electron chi connectivity index (χ1n) is 20.0. The van der Waals surface area contributed by atoms with E-state index in [1.165, 1.54) is 122 Å². The highest BCUT2D eigenvalue weighted by Crippen LogP contribution is 2.35.